The zero-order valence-corrected chi connectivity index (χ0v) is 10.8. The molecule has 0 bridgehead atoms. The number of aryl methyl sites for hydroxylation is 1. The maximum absolute atomic E-state index is 10.8. The number of phenols is 1. The number of nitrogens with zero attached hydrogens (tertiary/aromatic N) is 1. The molecule has 0 saturated heterocycles. The topological polar surface area (TPSA) is 99.1 Å². The molecule has 0 aliphatic rings. The monoisotopic (exact) mass is 267 g/mol. The van der Waals surface area contributed by atoms with Crippen molar-refractivity contribution >= 4 is 11.7 Å². The predicted molar refractivity (Wildman–Crippen MR) is 76.2 cm³/mol. The SMILES string of the molecule is Cc1cc(-c2ccc(C#N)cc2O)ccc1NC(N)=O. The van der Waals surface area contributed by atoms with Gasteiger partial charge in [0.05, 0.1) is 11.6 Å². The minimum Gasteiger partial charge on any atom is -0.507 e. The summed E-state index contributed by atoms with van der Waals surface area (Å²) in [5, 5.41) is 21.2. The maximum atomic E-state index is 10.8. The van der Waals surface area contributed by atoms with Crippen LogP contribution >= 0.6 is 0 Å². The highest BCUT2D eigenvalue weighted by Crippen LogP contribution is 2.32. The lowest BCUT2D eigenvalue weighted by Gasteiger charge is -2.10. The first-order valence-electron chi connectivity index (χ1n) is 5.92. The molecular formula is C15H13N3O2. The number of carbonyl (C=O) groups is 1. The fraction of sp³-hybridized carbons (Fsp3) is 0.0667. The molecule has 0 aliphatic carbocycles. The van der Waals surface area contributed by atoms with Gasteiger partial charge >= 0.3 is 6.03 Å². The first-order valence-corrected chi connectivity index (χ1v) is 5.92. The Balaban J connectivity index is 2.42. The Morgan fingerprint density at radius 2 is 2.05 bits per heavy atom. The van der Waals surface area contributed by atoms with E-state index in [-0.39, 0.29) is 5.75 Å². The predicted octanol–water partition coefficient (Wildman–Crippen LogP) is 2.73. The van der Waals surface area contributed by atoms with Gasteiger partial charge in [-0.3, -0.25) is 0 Å². The minimum absolute atomic E-state index is 0.0408. The molecule has 2 aromatic rings. The Bertz CT molecular complexity index is 718. The van der Waals surface area contributed by atoms with E-state index in [1.165, 1.54) is 6.07 Å². The lowest BCUT2D eigenvalue weighted by Crippen LogP contribution is -2.19. The van der Waals surface area contributed by atoms with Crippen LogP contribution in [0.2, 0.25) is 0 Å². The van der Waals surface area contributed by atoms with Crippen molar-refractivity contribution in [2.45, 2.75) is 6.92 Å². The number of amides is 2. The van der Waals surface area contributed by atoms with E-state index in [9.17, 15) is 9.90 Å². The van der Waals surface area contributed by atoms with Crippen LogP contribution in [-0.2, 0) is 0 Å². The van der Waals surface area contributed by atoms with Gasteiger partial charge in [0.25, 0.3) is 0 Å². The Kier molecular flexibility index (Phi) is 3.58. The number of urea groups is 1. The highest BCUT2D eigenvalue weighted by Gasteiger charge is 2.08. The smallest absolute Gasteiger partial charge is 0.316 e. The lowest BCUT2D eigenvalue weighted by molar-refractivity contribution is 0.259. The number of nitrogens with one attached hydrogen (secondary N) is 1. The Morgan fingerprint density at radius 3 is 2.60 bits per heavy atom. The van der Waals surface area contributed by atoms with E-state index < -0.39 is 6.03 Å². The maximum Gasteiger partial charge on any atom is 0.316 e. The van der Waals surface area contributed by atoms with E-state index >= 15 is 0 Å². The number of nitrogens with two attached hydrogens (primary N) is 1. The third-order valence-electron chi connectivity index (χ3n) is 2.92. The standard InChI is InChI=1S/C15H13N3O2/c1-9-6-11(3-5-13(9)18-15(17)20)12-4-2-10(8-16)7-14(12)19/h2-7,19H,1H3,(H3,17,18,20). The third kappa shape index (κ3) is 2.70. The molecule has 2 aromatic carbocycles. The van der Waals surface area contributed by atoms with Crippen molar-refractivity contribution in [3.63, 3.8) is 0 Å². The molecule has 5 nitrogen and oxygen atoms in total. The van der Waals surface area contributed by atoms with E-state index in [1.54, 1.807) is 24.3 Å². The molecular weight excluding hydrogens is 254 g/mol. The van der Waals surface area contributed by atoms with Crippen molar-refractivity contribution in [3.05, 3.63) is 47.5 Å². The van der Waals surface area contributed by atoms with Crippen molar-refractivity contribution in [2.75, 3.05) is 5.32 Å². The summed E-state index contributed by atoms with van der Waals surface area (Å²) >= 11 is 0. The van der Waals surface area contributed by atoms with E-state index in [0.717, 1.165) is 11.1 Å². The summed E-state index contributed by atoms with van der Waals surface area (Å²) in [6.07, 6.45) is 0. The molecule has 0 saturated carbocycles. The van der Waals surface area contributed by atoms with Crippen molar-refractivity contribution < 1.29 is 9.90 Å². The molecule has 0 aromatic heterocycles. The van der Waals surface area contributed by atoms with Gasteiger partial charge < -0.3 is 16.2 Å². The van der Waals surface area contributed by atoms with Gasteiger partial charge in [0.15, 0.2) is 0 Å². The quantitative estimate of drug-likeness (QED) is 0.780. The van der Waals surface area contributed by atoms with E-state index in [1.807, 2.05) is 19.1 Å². The first-order chi connectivity index (χ1) is 9.51. The first kappa shape index (κ1) is 13.4. The molecule has 0 unspecified atom stereocenters. The summed E-state index contributed by atoms with van der Waals surface area (Å²) in [7, 11) is 0. The summed E-state index contributed by atoms with van der Waals surface area (Å²) in [5.41, 5.74) is 8.33. The molecule has 0 atom stereocenters. The number of hydrogen-bond donors (Lipinski definition) is 3. The second-order valence-electron chi connectivity index (χ2n) is 4.36. The summed E-state index contributed by atoms with van der Waals surface area (Å²) in [5.74, 6) is 0.0408. The van der Waals surface area contributed by atoms with Crippen LogP contribution in [0.1, 0.15) is 11.1 Å². The van der Waals surface area contributed by atoms with Gasteiger partial charge in [0.1, 0.15) is 5.75 Å². The van der Waals surface area contributed by atoms with Crippen LogP contribution in [0.25, 0.3) is 11.1 Å². The highest BCUT2D eigenvalue weighted by atomic mass is 16.3. The van der Waals surface area contributed by atoms with E-state index in [2.05, 4.69) is 5.32 Å². The van der Waals surface area contributed by atoms with Crippen LogP contribution in [0, 0.1) is 18.3 Å². The number of aromatic hydroxyl groups is 1. The number of primary amides is 1. The summed E-state index contributed by atoms with van der Waals surface area (Å²) in [6, 6.07) is 11.4. The average molecular weight is 267 g/mol. The van der Waals surface area contributed by atoms with Crippen LogP contribution in [0.4, 0.5) is 10.5 Å². The number of phenolic OH excluding ortho intramolecular Hbond substituents is 1. The van der Waals surface area contributed by atoms with Crippen LogP contribution in [0.5, 0.6) is 5.75 Å². The van der Waals surface area contributed by atoms with Crippen molar-refractivity contribution in [2.24, 2.45) is 5.73 Å². The number of benzene rings is 2. The molecule has 0 fully saturated rings. The fourth-order valence-electron chi connectivity index (χ4n) is 1.95. The Morgan fingerprint density at radius 1 is 1.30 bits per heavy atom. The zero-order chi connectivity index (χ0) is 14.7. The van der Waals surface area contributed by atoms with Gasteiger partial charge in [-0.15, -0.1) is 0 Å². The van der Waals surface area contributed by atoms with Crippen LogP contribution in [0.15, 0.2) is 36.4 Å². The highest BCUT2D eigenvalue weighted by molar-refractivity contribution is 5.89. The second kappa shape index (κ2) is 5.33. The summed E-state index contributed by atoms with van der Waals surface area (Å²) in [4.78, 5) is 10.8. The van der Waals surface area contributed by atoms with Crippen molar-refractivity contribution in [1.29, 1.82) is 5.26 Å². The number of anilines is 1. The van der Waals surface area contributed by atoms with Gasteiger partial charge in [-0.05, 0) is 48.4 Å². The molecule has 0 aliphatic heterocycles. The number of hydrogen-bond acceptors (Lipinski definition) is 3. The summed E-state index contributed by atoms with van der Waals surface area (Å²) in [6.45, 7) is 1.83. The number of carbonyl (C=O) groups excluding carboxylic acids is 1. The fourth-order valence-corrected chi connectivity index (χ4v) is 1.95. The molecule has 100 valence electrons. The van der Waals surface area contributed by atoms with Crippen LogP contribution < -0.4 is 11.1 Å². The van der Waals surface area contributed by atoms with Crippen LogP contribution in [-0.4, -0.2) is 11.1 Å². The van der Waals surface area contributed by atoms with E-state index in [4.69, 9.17) is 11.0 Å². The van der Waals surface area contributed by atoms with Gasteiger partial charge in [-0.2, -0.15) is 5.26 Å². The molecule has 2 rings (SSSR count). The molecule has 0 heterocycles. The Hall–Kier alpha value is -3.00. The summed E-state index contributed by atoms with van der Waals surface area (Å²) < 4.78 is 0. The van der Waals surface area contributed by atoms with Gasteiger partial charge in [0, 0.05) is 11.3 Å². The lowest BCUT2D eigenvalue weighted by atomic mass is 10.0. The normalized spacial score (nSPS) is 9.80. The van der Waals surface area contributed by atoms with Crippen molar-refractivity contribution in [1.82, 2.24) is 0 Å². The van der Waals surface area contributed by atoms with Gasteiger partial charge in [0.2, 0.25) is 0 Å². The van der Waals surface area contributed by atoms with Crippen LogP contribution in [0.3, 0.4) is 0 Å². The molecule has 0 radical (unpaired) electrons. The molecule has 2 amide bonds. The minimum atomic E-state index is -0.623. The second-order valence-corrected chi connectivity index (χ2v) is 4.36. The molecule has 20 heavy (non-hydrogen) atoms. The van der Waals surface area contributed by atoms with Gasteiger partial charge in [-0.1, -0.05) is 6.07 Å². The number of rotatable bonds is 2. The number of nitriles is 1. The third-order valence-corrected chi connectivity index (χ3v) is 2.92. The molecule has 0 spiro atoms. The van der Waals surface area contributed by atoms with E-state index in [0.29, 0.717) is 16.8 Å². The zero-order valence-electron chi connectivity index (χ0n) is 10.8. The average Bonchev–Trinajstić information content (AvgIpc) is 2.40. The molecule has 5 heteroatoms. The largest absolute Gasteiger partial charge is 0.507 e. The van der Waals surface area contributed by atoms with Gasteiger partial charge in [-0.25, -0.2) is 4.79 Å². The Labute approximate surface area is 116 Å². The van der Waals surface area contributed by atoms with Crippen molar-refractivity contribution in [3.8, 4) is 22.9 Å². The molecule has 4 N–H and O–H groups in total.